The van der Waals surface area contributed by atoms with Crippen molar-refractivity contribution in [2.75, 3.05) is 0 Å². The van der Waals surface area contributed by atoms with Crippen molar-refractivity contribution in [2.24, 2.45) is 0 Å². The monoisotopic (exact) mass is 522 g/mol. The van der Waals surface area contributed by atoms with Gasteiger partial charge in [0.15, 0.2) is 5.69 Å². The van der Waals surface area contributed by atoms with Crippen molar-refractivity contribution in [3.05, 3.63) is 105 Å². The summed E-state index contributed by atoms with van der Waals surface area (Å²) < 4.78 is 7.98. The van der Waals surface area contributed by atoms with Gasteiger partial charge in [-0.1, -0.05) is 84.2 Å². The van der Waals surface area contributed by atoms with E-state index in [4.69, 9.17) is 44.3 Å². The lowest BCUT2D eigenvalue weighted by atomic mass is 9.97. The van der Waals surface area contributed by atoms with Gasteiger partial charge in [0.1, 0.15) is 0 Å². The Kier molecular flexibility index (Phi) is 6.65. The summed E-state index contributed by atoms with van der Waals surface area (Å²) in [5.41, 5.74) is 5.04. The van der Waals surface area contributed by atoms with Crippen LogP contribution in [0.3, 0.4) is 0 Å². The van der Waals surface area contributed by atoms with E-state index in [1.807, 2.05) is 55.5 Å². The molecule has 3 aromatic carbocycles. The van der Waals surface area contributed by atoms with Crippen LogP contribution < -0.4 is 0 Å². The molecule has 0 spiro atoms. The predicted octanol–water partition coefficient (Wildman–Crippen LogP) is 8.40. The van der Waals surface area contributed by atoms with Gasteiger partial charge >= 0.3 is 0 Å². The lowest BCUT2D eigenvalue weighted by Crippen LogP contribution is -2.00. The SMILES string of the molecule is CCC(c1ccccc1)c1nnc(-c2nn(-c3ccc(Cl)cc3Cl)c(-c3ccc(Cl)cc3)c2C)o1. The molecule has 8 heteroatoms. The third kappa shape index (κ3) is 4.59. The second-order valence-electron chi connectivity index (χ2n) is 8.15. The molecule has 35 heavy (non-hydrogen) atoms. The molecule has 0 aliphatic heterocycles. The fourth-order valence-corrected chi connectivity index (χ4v) is 4.80. The molecule has 2 heterocycles. The van der Waals surface area contributed by atoms with Crippen molar-refractivity contribution in [3.63, 3.8) is 0 Å². The Hall–Kier alpha value is -3.12. The first kappa shape index (κ1) is 23.6. The number of nitrogens with zero attached hydrogens (tertiary/aromatic N) is 4. The summed E-state index contributed by atoms with van der Waals surface area (Å²) in [4.78, 5) is 0. The Morgan fingerprint density at radius 3 is 2.29 bits per heavy atom. The van der Waals surface area contributed by atoms with Gasteiger partial charge in [0.25, 0.3) is 5.89 Å². The summed E-state index contributed by atoms with van der Waals surface area (Å²) >= 11 is 18.9. The highest BCUT2D eigenvalue weighted by atomic mass is 35.5. The molecule has 0 bridgehead atoms. The average molecular weight is 524 g/mol. The molecule has 0 fully saturated rings. The van der Waals surface area contributed by atoms with E-state index in [1.165, 1.54) is 0 Å². The maximum atomic E-state index is 6.57. The molecule has 0 aliphatic carbocycles. The molecule has 0 saturated carbocycles. The standard InChI is InChI=1S/C27H21Cl3N4O/c1-3-21(17-7-5-4-6-8-17)26-31-32-27(35-26)24-16(2)25(18-9-11-19(28)12-10-18)34(33-24)23-14-13-20(29)15-22(23)30/h4-15,21H,3H2,1-2H3. The van der Waals surface area contributed by atoms with E-state index in [9.17, 15) is 0 Å². The number of benzene rings is 3. The van der Waals surface area contributed by atoms with Gasteiger partial charge in [-0.25, -0.2) is 4.68 Å². The van der Waals surface area contributed by atoms with E-state index < -0.39 is 0 Å². The van der Waals surface area contributed by atoms with Crippen LogP contribution in [-0.4, -0.2) is 20.0 Å². The number of halogens is 3. The van der Waals surface area contributed by atoms with Crippen LogP contribution in [0, 0.1) is 6.92 Å². The fraction of sp³-hybridized carbons (Fsp3) is 0.148. The molecule has 0 radical (unpaired) electrons. The first-order valence-corrected chi connectivity index (χ1v) is 12.3. The number of rotatable bonds is 6. The minimum Gasteiger partial charge on any atom is -0.419 e. The highest BCUT2D eigenvalue weighted by Gasteiger charge is 2.25. The van der Waals surface area contributed by atoms with E-state index in [2.05, 4.69) is 29.3 Å². The molecule has 5 aromatic rings. The number of hydrogen-bond donors (Lipinski definition) is 0. The van der Waals surface area contributed by atoms with Gasteiger partial charge in [0.05, 0.1) is 22.3 Å². The van der Waals surface area contributed by atoms with Crippen LogP contribution in [-0.2, 0) is 0 Å². The first-order chi connectivity index (χ1) is 17.0. The first-order valence-electron chi connectivity index (χ1n) is 11.2. The van der Waals surface area contributed by atoms with Crippen LogP contribution in [0.4, 0.5) is 0 Å². The molecule has 5 rings (SSSR count). The molecule has 1 unspecified atom stereocenters. The highest BCUT2D eigenvalue weighted by molar-refractivity contribution is 6.35. The van der Waals surface area contributed by atoms with Crippen LogP contribution in [0.25, 0.3) is 28.5 Å². The van der Waals surface area contributed by atoms with E-state index >= 15 is 0 Å². The van der Waals surface area contributed by atoms with Gasteiger partial charge in [-0.3, -0.25) is 0 Å². The molecule has 2 aromatic heterocycles. The number of aromatic nitrogens is 4. The van der Waals surface area contributed by atoms with Crippen molar-refractivity contribution >= 4 is 34.8 Å². The maximum absolute atomic E-state index is 6.57. The minimum atomic E-state index is 0.00119. The van der Waals surface area contributed by atoms with E-state index in [-0.39, 0.29) is 5.92 Å². The summed E-state index contributed by atoms with van der Waals surface area (Å²) in [7, 11) is 0. The lowest BCUT2D eigenvalue weighted by molar-refractivity contribution is 0.472. The molecule has 176 valence electrons. The Morgan fingerprint density at radius 2 is 1.60 bits per heavy atom. The second-order valence-corrected chi connectivity index (χ2v) is 9.43. The van der Waals surface area contributed by atoms with Crippen molar-refractivity contribution < 1.29 is 4.42 Å². The van der Waals surface area contributed by atoms with E-state index in [0.717, 1.165) is 28.8 Å². The van der Waals surface area contributed by atoms with Crippen LogP contribution in [0.1, 0.15) is 36.3 Å². The van der Waals surface area contributed by atoms with Gasteiger partial charge in [0, 0.05) is 21.2 Å². The third-order valence-electron chi connectivity index (χ3n) is 5.93. The van der Waals surface area contributed by atoms with E-state index in [0.29, 0.717) is 38.2 Å². The summed E-state index contributed by atoms with van der Waals surface area (Å²) in [5.74, 6) is 0.910. The zero-order chi connectivity index (χ0) is 24.5. The molecule has 0 saturated heterocycles. The summed E-state index contributed by atoms with van der Waals surface area (Å²) in [6.07, 6.45) is 0.829. The van der Waals surface area contributed by atoms with Gasteiger partial charge in [0.2, 0.25) is 5.89 Å². The van der Waals surface area contributed by atoms with Crippen LogP contribution >= 0.6 is 34.8 Å². The normalized spacial score (nSPS) is 12.1. The Balaban J connectivity index is 1.65. The van der Waals surface area contributed by atoms with Crippen LogP contribution in [0.5, 0.6) is 0 Å². The van der Waals surface area contributed by atoms with Crippen molar-refractivity contribution in [1.82, 2.24) is 20.0 Å². The van der Waals surface area contributed by atoms with Gasteiger partial charge in [-0.2, -0.15) is 5.10 Å². The summed E-state index contributed by atoms with van der Waals surface area (Å²) in [5, 5.41) is 15.3. The summed E-state index contributed by atoms with van der Waals surface area (Å²) in [6.45, 7) is 4.08. The molecular weight excluding hydrogens is 503 g/mol. The van der Waals surface area contributed by atoms with Gasteiger partial charge < -0.3 is 4.42 Å². The average Bonchev–Trinajstić information content (AvgIpc) is 3.46. The summed E-state index contributed by atoms with van der Waals surface area (Å²) in [6, 6.07) is 23.0. The van der Waals surface area contributed by atoms with Crippen molar-refractivity contribution in [1.29, 1.82) is 0 Å². The van der Waals surface area contributed by atoms with Gasteiger partial charge in [-0.05, 0) is 49.2 Å². The topological polar surface area (TPSA) is 56.7 Å². The molecule has 0 aliphatic rings. The molecular formula is C27H21Cl3N4O. The fourth-order valence-electron chi connectivity index (χ4n) is 4.18. The Bertz CT molecular complexity index is 1480. The molecule has 1 atom stereocenters. The smallest absolute Gasteiger partial charge is 0.268 e. The van der Waals surface area contributed by atoms with Crippen molar-refractivity contribution in [3.8, 4) is 28.5 Å². The zero-order valence-corrected chi connectivity index (χ0v) is 21.3. The molecule has 5 nitrogen and oxygen atoms in total. The third-order valence-corrected chi connectivity index (χ3v) is 6.72. The van der Waals surface area contributed by atoms with Crippen LogP contribution in [0.2, 0.25) is 15.1 Å². The zero-order valence-electron chi connectivity index (χ0n) is 19.0. The second kappa shape index (κ2) is 9.86. The van der Waals surface area contributed by atoms with E-state index in [1.54, 1.807) is 16.8 Å². The minimum absolute atomic E-state index is 0.00119. The lowest BCUT2D eigenvalue weighted by Gasteiger charge is -2.11. The number of hydrogen-bond acceptors (Lipinski definition) is 4. The Labute approximate surface area is 218 Å². The van der Waals surface area contributed by atoms with Crippen molar-refractivity contribution in [2.45, 2.75) is 26.2 Å². The maximum Gasteiger partial charge on any atom is 0.268 e. The largest absolute Gasteiger partial charge is 0.419 e. The molecule has 0 amide bonds. The predicted molar refractivity (Wildman–Crippen MR) is 141 cm³/mol. The highest BCUT2D eigenvalue weighted by Crippen LogP contribution is 2.37. The van der Waals surface area contributed by atoms with Crippen LogP contribution in [0.15, 0.2) is 77.2 Å². The quantitative estimate of drug-likeness (QED) is 0.224. The molecule has 0 N–H and O–H groups in total. The van der Waals surface area contributed by atoms with Gasteiger partial charge in [-0.15, -0.1) is 10.2 Å². The Morgan fingerprint density at radius 1 is 0.886 bits per heavy atom.